The van der Waals surface area contributed by atoms with Crippen molar-refractivity contribution < 1.29 is 9.53 Å². The van der Waals surface area contributed by atoms with Crippen molar-refractivity contribution in [2.24, 2.45) is 0 Å². The van der Waals surface area contributed by atoms with E-state index in [2.05, 4.69) is 0 Å². The Kier molecular flexibility index (Phi) is 3.48. The molecule has 2 atom stereocenters. The van der Waals surface area contributed by atoms with Gasteiger partial charge >= 0.3 is 0 Å². The van der Waals surface area contributed by atoms with E-state index in [1.807, 2.05) is 25.7 Å². The van der Waals surface area contributed by atoms with Crippen LogP contribution in [0.15, 0.2) is 12.2 Å². The van der Waals surface area contributed by atoms with Gasteiger partial charge in [0.15, 0.2) is 0 Å². The summed E-state index contributed by atoms with van der Waals surface area (Å²) < 4.78 is 5.53. The topological polar surface area (TPSA) is 29.5 Å². The van der Waals surface area contributed by atoms with Gasteiger partial charge in [-0.05, 0) is 26.8 Å². The minimum absolute atomic E-state index is 0.0875. The van der Waals surface area contributed by atoms with Crippen LogP contribution < -0.4 is 0 Å². The predicted octanol–water partition coefficient (Wildman–Crippen LogP) is 1.20. The maximum atomic E-state index is 11.5. The monoisotopic (exact) mass is 183 g/mol. The molecule has 1 aliphatic rings. The first-order chi connectivity index (χ1) is 6.13. The molecule has 0 radical (unpaired) electrons. The Hall–Kier alpha value is -0.830. The molecule has 1 amide bonds. The molecule has 0 aliphatic carbocycles. The Labute approximate surface area is 79.4 Å². The van der Waals surface area contributed by atoms with E-state index >= 15 is 0 Å². The Bertz CT molecular complexity index is 203. The summed E-state index contributed by atoms with van der Waals surface area (Å²) in [5.74, 6) is 0.0875. The highest BCUT2D eigenvalue weighted by Crippen LogP contribution is 2.10. The fraction of sp³-hybridized carbons (Fsp3) is 0.700. The smallest absolute Gasteiger partial charge is 0.246 e. The van der Waals surface area contributed by atoms with Gasteiger partial charge in [-0.3, -0.25) is 4.79 Å². The lowest BCUT2D eigenvalue weighted by molar-refractivity contribution is -0.138. The number of carbonyl (C=O) groups is 1. The predicted molar refractivity (Wildman–Crippen MR) is 51.4 cm³/mol. The maximum Gasteiger partial charge on any atom is 0.246 e. The molecule has 3 nitrogen and oxygen atoms in total. The van der Waals surface area contributed by atoms with Crippen molar-refractivity contribution in [3.05, 3.63) is 12.2 Å². The number of amides is 1. The fourth-order valence-corrected chi connectivity index (χ4v) is 1.61. The third-order valence-corrected chi connectivity index (χ3v) is 2.04. The molecule has 74 valence electrons. The molecule has 1 heterocycles. The first-order valence-electron chi connectivity index (χ1n) is 4.70. The molecular formula is C10H17NO2. The summed E-state index contributed by atoms with van der Waals surface area (Å²) in [6.45, 7) is 7.24. The van der Waals surface area contributed by atoms with Crippen LogP contribution in [0.3, 0.4) is 0 Å². The molecule has 0 aromatic heterocycles. The van der Waals surface area contributed by atoms with Gasteiger partial charge in [0.25, 0.3) is 0 Å². The summed E-state index contributed by atoms with van der Waals surface area (Å²) in [5.41, 5.74) is 0. The number of rotatable bonds is 1. The van der Waals surface area contributed by atoms with Crippen LogP contribution in [0.25, 0.3) is 0 Å². The number of carbonyl (C=O) groups excluding carboxylic acids is 1. The molecule has 3 heteroatoms. The highest BCUT2D eigenvalue weighted by atomic mass is 16.5. The van der Waals surface area contributed by atoms with Crippen molar-refractivity contribution in [2.45, 2.75) is 33.0 Å². The molecule has 0 bridgehead atoms. The molecule has 1 rings (SSSR count). The lowest BCUT2D eigenvalue weighted by Gasteiger charge is -2.34. The molecule has 0 aromatic carbocycles. The van der Waals surface area contributed by atoms with Gasteiger partial charge in [0.1, 0.15) is 0 Å². The quantitative estimate of drug-likeness (QED) is 0.572. The molecule has 0 saturated carbocycles. The van der Waals surface area contributed by atoms with Gasteiger partial charge in [0.2, 0.25) is 5.91 Å². The third kappa shape index (κ3) is 2.84. The number of hydrogen-bond donors (Lipinski definition) is 0. The molecule has 1 aliphatic heterocycles. The second kappa shape index (κ2) is 4.42. The molecule has 1 fully saturated rings. The van der Waals surface area contributed by atoms with Crippen LogP contribution in [-0.2, 0) is 9.53 Å². The van der Waals surface area contributed by atoms with E-state index in [9.17, 15) is 4.79 Å². The summed E-state index contributed by atoms with van der Waals surface area (Å²) >= 11 is 0. The number of morpholine rings is 1. The second-order valence-electron chi connectivity index (χ2n) is 3.50. The van der Waals surface area contributed by atoms with Crippen LogP contribution in [0.2, 0.25) is 0 Å². The van der Waals surface area contributed by atoms with Crippen LogP contribution in [0.1, 0.15) is 20.8 Å². The molecule has 0 N–H and O–H groups in total. The van der Waals surface area contributed by atoms with Crippen molar-refractivity contribution in [3.63, 3.8) is 0 Å². The first-order valence-corrected chi connectivity index (χ1v) is 4.70. The Morgan fingerprint density at radius 1 is 1.38 bits per heavy atom. The molecule has 0 spiro atoms. The largest absolute Gasteiger partial charge is 0.372 e. The van der Waals surface area contributed by atoms with Crippen molar-refractivity contribution in [2.75, 3.05) is 13.1 Å². The molecule has 13 heavy (non-hydrogen) atoms. The van der Waals surface area contributed by atoms with Crippen LogP contribution >= 0.6 is 0 Å². The minimum atomic E-state index is 0.0875. The summed E-state index contributed by atoms with van der Waals surface area (Å²) in [4.78, 5) is 13.3. The maximum absolute atomic E-state index is 11.5. The molecular weight excluding hydrogens is 166 g/mol. The number of allylic oxidation sites excluding steroid dienone is 1. The van der Waals surface area contributed by atoms with E-state index in [4.69, 9.17) is 4.74 Å². The molecule has 0 aromatic rings. The Morgan fingerprint density at radius 3 is 2.38 bits per heavy atom. The lowest BCUT2D eigenvalue weighted by atomic mass is 10.2. The lowest BCUT2D eigenvalue weighted by Crippen LogP contribution is -2.47. The number of nitrogens with zero attached hydrogens (tertiary/aromatic N) is 1. The van der Waals surface area contributed by atoms with Crippen LogP contribution in [-0.4, -0.2) is 36.1 Å². The standard InChI is InChI=1S/C10H17NO2/c1-4-5-10(12)11-6-8(2)13-9(3)7-11/h4-5,8-9H,6-7H2,1-3H3/b5-4+. The zero-order chi connectivity index (χ0) is 9.84. The van der Waals surface area contributed by atoms with Gasteiger partial charge in [-0.2, -0.15) is 0 Å². The van der Waals surface area contributed by atoms with Gasteiger partial charge in [0, 0.05) is 13.1 Å². The number of hydrogen-bond acceptors (Lipinski definition) is 2. The van der Waals surface area contributed by atoms with E-state index in [0.29, 0.717) is 13.1 Å². The fourth-order valence-electron chi connectivity index (χ4n) is 1.61. The summed E-state index contributed by atoms with van der Waals surface area (Å²) in [5, 5.41) is 0. The average molecular weight is 183 g/mol. The average Bonchev–Trinajstić information content (AvgIpc) is 2.03. The first kappa shape index (κ1) is 10.3. The summed E-state index contributed by atoms with van der Waals surface area (Å²) in [6.07, 6.45) is 3.67. The van der Waals surface area contributed by atoms with E-state index in [0.717, 1.165) is 0 Å². The van der Waals surface area contributed by atoms with Gasteiger partial charge < -0.3 is 9.64 Å². The van der Waals surface area contributed by atoms with Crippen molar-refractivity contribution >= 4 is 5.91 Å². The Morgan fingerprint density at radius 2 is 1.92 bits per heavy atom. The zero-order valence-electron chi connectivity index (χ0n) is 8.49. The van der Waals surface area contributed by atoms with Gasteiger partial charge in [0.05, 0.1) is 12.2 Å². The van der Waals surface area contributed by atoms with Crippen molar-refractivity contribution in [1.29, 1.82) is 0 Å². The van der Waals surface area contributed by atoms with E-state index in [1.165, 1.54) is 0 Å². The highest BCUT2D eigenvalue weighted by Gasteiger charge is 2.24. The van der Waals surface area contributed by atoms with E-state index in [1.54, 1.807) is 12.2 Å². The van der Waals surface area contributed by atoms with Crippen molar-refractivity contribution in [1.82, 2.24) is 4.90 Å². The Balaban J connectivity index is 2.54. The van der Waals surface area contributed by atoms with Gasteiger partial charge in [-0.1, -0.05) is 6.08 Å². The highest BCUT2D eigenvalue weighted by molar-refractivity contribution is 5.87. The van der Waals surface area contributed by atoms with Crippen LogP contribution in [0, 0.1) is 0 Å². The number of ether oxygens (including phenoxy) is 1. The SMILES string of the molecule is C/C=C/C(=O)N1CC(C)OC(C)C1. The zero-order valence-corrected chi connectivity index (χ0v) is 8.49. The van der Waals surface area contributed by atoms with E-state index in [-0.39, 0.29) is 18.1 Å². The van der Waals surface area contributed by atoms with Crippen LogP contribution in [0.4, 0.5) is 0 Å². The summed E-state index contributed by atoms with van der Waals surface area (Å²) in [6, 6.07) is 0. The summed E-state index contributed by atoms with van der Waals surface area (Å²) in [7, 11) is 0. The van der Waals surface area contributed by atoms with Crippen LogP contribution in [0.5, 0.6) is 0 Å². The second-order valence-corrected chi connectivity index (χ2v) is 3.50. The third-order valence-electron chi connectivity index (χ3n) is 2.04. The normalized spacial score (nSPS) is 29.6. The van der Waals surface area contributed by atoms with E-state index < -0.39 is 0 Å². The van der Waals surface area contributed by atoms with Crippen molar-refractivity contribution in [3.8, 4) is 0 Å². The molecule has 2 unspecified atom stereocenters. The van der Waals surface area contributed by atoms with Gasteiger partial charge in [-0.25, -0.2) is 0 Å². The van der Waals surface area contributed by atoms with Gasteiger partial charge in [-0.15, -0.1) is 0 Å². The minimum Gasteiger partial charge on any atom is -0.372 e. The molecule has 1 saturated heterocycles.